The van der Waals surface area contributed by atoms with Crippen LogP contribution in [0, 0.1) is 5.41 Å². The van der Waals surface area contributed by atoms with Crippen molar-refractivity contribution in [2.24, 2.45) is 11.1 Å². The number of hydrogen-bond donors (Lipinski definition) is 3. The van der Waals surface area contributed by atoms with Gasteiger partial charge in [0, 0.05) is 15.5 Å². The van der Waals surface area contributed by atoms with Crippen molar-refractivity contribution in [3.05, 3.63) is 28.2 Å². The van der Waals surface area contributed by atoms with Gasteiger partial charge < -0.3 is 20.9 Å². The summed E-state index contributed by atoms with van der Waals surface area (Å²) in [5, 5.41) is 11.7. The fraction of sp³-hybridized carbons (Fsp3) is 0.500. The van der Waals surface area contributed by atoms with Crippen LogP contribution in [0.25, 0.3) is 0 Å². The maximum atomic E-state index is 14.9. The van der Waals surface area contributed by atoms with Crippen molar-refractivity contribution in [2.75, 3.05) is 13.2 Å². The highest BCUT2D eigenvalue weighted by Gasteiger charge is 2.73. The summed E-state index contributed by atoms with van der Waals surface area (Å²) in [5.41, 5.74) is 3.10. The molecule has 1 aliphatic carbocycles. The fourth-order valence-corrected chi connectivity index (χ4v) is 3.90. The molecule has 0 saturated heterocycles. The van der Waals surface area contributed by atoms with Gasteiger partial charge in [0.25, 0.3) is 5.92 Å². The van der Waals surface area contributed by atoms with E-state index in [0.717, 1.165) is 0 Å². The maximum Gasteiger partial charge on any atom is 0.298 e. The zero-order valence-electron chi connectivity index (χ0n) is 11.5. The number of fused-ring (bicyclic) bond motifs is 1. The summed E-state index contributed by atoms with van der Waals surface area (Å²) in [6.45, 7) is -1.18. The number of halogens is 3. The molecule has 4 N–H and O–H groups in total. The highest BCUT2D eigenvalue weighted by atomic mass is 79.9. The van der Waals surface area contributed by atoms with Gasteiger partial charge in [-0.3, -0.25) is 0 Å². The van der Waals surface area contributed by atoms with Crippen LogP contribution in [0.5, 0.6) is 5.75 Å². The molecule has 1 spiro atoms. The lowest BCUT2D eigenvalue weighted by atomic mass is 9.69. The number of aliphatic hydroxyl groups excluding tert-OH is 1. The smallest absolute Gasteiger partial charge is 0.298 e. The van der Waals surface area contributed by atoms with E-state index in [1.165, 1.54) is 0 Å². The number of aliphatic hydroxyl groups is 1. The van der Waals surface area contributed by atoms with Crippen molar-refractivity contribution < 1.29 is 18.6 Å². The second kappa shape index (κ2) is 5.01. The Morgan fingerprint density at radius 3 is 2.73 bits per heavy atom. The van der Waals surface area contributed by atoms with E-state index in [1.54, 1.807) is 18.2 Å². The molecule has 1 heterocycles. The molecule has 3 rings (SSSR count). The van der Waals surface area contributed by atoms with Gasteiger partial charge in [-0.2, -0.15) is 0 Å². The van der Waals surface area contributed by atoms with Gasteiger partial charge in [0.15, 0.2) is 5.11 Å². The van der Waals surface area contributed by atoms with Gasteiger partial charge in [-0.1, -0.05) is 15.9 Å². The fourth-order valence-electron chi connectivity index (χ4n) is 3.38. The van der Waals surface area contributed by atoms with E-state index >= 15 is 0 Å². The van der Waals surface area contributed by atoms with Crippen LogP contribution in [0.3, 0.4) is 0 Å². The molecular weight excluding hydrogens is 378 g/mol. The number of hydrogen-bond acceptors (Lipinski definition) is 3. The summed E-state index contributed by atoms with van der Waals surface area (Å²) in [7, 11) is 0. The first-order chi connectivity index (χ1) is 10.3. The number of nitrogens with one attached hydrogen (secondary N) is 1. The molecule has 1 unspecified atom stereocenters. The summed E-state index contributed by atoms with van der Waals surface area (Å²) in [6, 6.07) is 4.91. The normalized spacial score (nSPS) is 25.3. The van der Waals surface area contributed by atoms with Crippen molar-refractivity contribution in [2.45, 2.75) is 24.3 Å². The number of rotatable bonds is 3. The predicted octanol–water partition coefficient (Wildman–Crippen LogP) is 2.28. The van der Waals surface area contributed by atoms with Gasteiger partial charge in [-0.05, 0) is 43.3 Å². The van der Waals surface area contributed by atoms with Crippen molar-refractivity contribution in [1.29, 1.82) is 0 Å². The maximum absolute atomic E-state index is 14.9. The number of nitrogens with two attached hydrogens (primary N) is 1. The molecular formula is C14H15BrF2N2O2S. The van der Waals surface area contributed by atoms with Crippen LogP contribution in [-0.4, -0.2) is 29.4 Å². The van der Waals surface area contributed by atoms with Crippen LogP contribution in [-0.2, 0) is 5.54 Å². The van der Waals surface area contributed by atoms with E-state index in [1.807, 2.05) is 0 Å². The molecule has 1 aromatic rings. The zero-order valence-corrected chi connectivity index (χ0v) is 13.9. The molecule has 4 nitrogen and oxygen atoms in total. The second-order valence-electron chi connectivity index (χ2n) is 5.81. The van der Waals surface area contributed by atoms with E-state index in [9.17, 15) is 13.9 Å². The Labute approximate surface area is 140 Å². The first kappa shape index (κ1) is 15.9. The Morgan fingerprint density at radius 1 is 1.50 bits per heavy atom. The van der Waals surface area contributed by atoms with E-state index in [-0.39, 0.29) is 17.3 Å². The minimum Gasteiger partial charge on any atom is -0.493 e. The van der Waals surface area contributed by atoms with Gasteiger partial charge in [0.1, 0.15) is 17.9 Å². The Balaban J connectivity index is 2.30. The highest BCUT2D eigenvalue weighted by molar-refractivity contribution is 9.10. The monoisotopic (exact) mass is 392 g/mol. The molecule has 120 valence electrons. The van der Waals surface area contributed by atoms with Crippen molar-refractivity contribution in [3.63, 3.8) is 0 Å². The molecule has 0 amide bonds. The average molecular weight is 393 g/mol. The molecule has 0 bridgehead atoms. The SMILES string of the molecule is NC(=S)NC1(C(F)(F)CO)c2cc(Br)ccc2OCC12CC2. The molecule has 2 aliphatic rings. The zero-order chi connectivity index (χ0) is 16.2. The van der Waals surface area contributed by atoms with Crippen molar-refractivity contribution in [1.82, 2.24) is 5.32 Å². The largest absolute Gasteiger partial charge is 0.493 e. The summed E-state index contributed by atoms with van der Waals surface area (Å²) >= 11 is 8.16. The van der Waals surface area contributed by atoms with Crippen LogP contribution in [0.15, 0.2) is 22.7 Å². The van der Waals surface area contributed by atoms with Gasteiger partial charge in [-0.25, -0.2) is 8.78 Å². The first-order valence-electron chi connectivity index (χ1n) is 6.77. The Hall–Kier alpha value is -0.990. The standard InChI is InChI=1S/C14H15BrF2N2O2S/c15-8-1-2-10-9(5-8)14(19-11(18)22,13(16,17)6-20)12(3-4-12)7-21-10/h1-2,5,20H,3-4,6-7H2,(H3,18,19,22). The van der Waals surface area contributed by atoms with Crippen molar-refractivity contribution >= 4 is 33.3 Å². The molecule has 0 radical (unpaired) electrons. The van der Waals surface area contributed by atoms with E-state index < -0.39 is 23.5 Å². The lowest BCUT2D eigenvalue weighted by Gasteiger charge is -2.50. The van der Waals surface area contributed by atoms with Crippen LogP contribution in [0.4, 0.5) is 8.78 Å². The summed E-state index contributed by atoms with van der Waals surface area (Å²) in [4.78, 5) is 0. The minimum atomic E-state index is -3.45. The molecule has 8 heteroatoms. The quantitative estimate of drug-likeness (QED) is 0.688. The van der Waals surface area contributed by atoms with Crippen LogP contribution in [0.2, 0.25) is 0 Å². The first-order valence-corrected chi connectivity index (χ1v) is 7.97. The third-order valence-electron chi connectivity index (χ3n) is 4.56. The third-order valence-corrected chi connectivity index (χ3v) is 5.15. The van der Waals surface area contributed by atoms with Gasteiger partial charge in [0.05, 0.1) is 6.61 Å². The molecule has 1 aromatic carbocycles. The Bertz CT molecular complexity index is 639. The Kier molecular flexibility index (Phi) is 3.61. The van der Waals surface area contributed by atoms with E-state index in [2.05, 4.69) is 21.2 Å². The summed E-state index contributed by atoms with van der Waals surface area (Å²) in [5.74, 6) is -3.11. The predicted molar refractivity (Wildman–Crippen MR) is 84.9 cm³/mol. The molecule has 1 saturated carbocycles. The Morgan fingerprint density at radius 2 is 2.18 bits per heavy atom. The van der Waals surface area contributed by atoms with Gasteiger partial charge >= 0.3 is 0 Å². The van der Waals surface area contributed by atoms with Crippen LogP contribution < -0.4 is 15.8 Å². The molecule has 1 atom stereocenters. The van der Waals surface area contributed by atoms with Crippen molar-refractivity contribution in [3.8, 4) is 5.75 Å². The van der Waals surface area contributed by atoms with E-state index in [4.69, 9.17) is 22.7 Å². The summed E-state index contributed by atoms with van der Waals surface area (Å²) in [6.07, 6.45) is 1.09. The van der Waals surface area contributed by atoms with Gasteiger partial charge in [-0.15, -0.1) is 0 Å². The number of alkyl halides is 2. The summed E-state index contributed by atoms with van der Waals surface area (Å²) < 4.78 is 36.1. The third kappa shape index (κ3) is 2.04. The molecule has 1 aliphatic heterocycles. The minimum absolute atomic E-state index is 0.132. The van der Waals surface area contributed by atoms with Crippen LogP contribution in [0.1, 0.15) is 18.4 Å². The van der Waals surface area contributed by atoms with Gasteiger partial charge in [0.2, 0.25) is 0 Å². The number of benzene rings is 1. The highest BCUT2D eigenvalue weighted by Crippen LogP contribution is 2.66. The second-order valence-corrected chi connectivity index (χ2v) is 7.17. The molecule has 0 aromatic heterocycles. The van der Waals surface area contributed by atoms with E-state index in [0.29, 0.717) is 23.1 Å². The topological polar surface area (TPSA) is 67.5 Å². The van der Waals surface area contributed by atoms with Crippen LogP contribution >= 0.6 is 28.1 Å². The number of ether oxygens (including phenoxy) is 1. The average Bonchev–Trinajstić information content (AvgIpc) is 3.23. The lowest BCUT2D eigenvalue weighted by Crippen LogP contribution is -2.67. The molecule has 1 fully saturated rings. The molecule has 22 heavy (non-hydrogen) atoms. The lowest BCUT2D eigenvalue weighted by molar-refractivity contribution is -0.160. The number of thiocarbonyl (C=S) groups is 1.